The largest absolute Gasteiger partial charge is 0.384 e. The molecule has 0 aliphatic carbocycles. The summed E-state index contributed by atoms with van der Waals surface area (Å²) in [6.45, 7) is 9.20. The van der Waals surface area contributed by atoms with Gasteiger partial charge in [0, 0.05) is 32.8 Å². The molecule has 0 spiro atoms. The van der Waals surface area contributed by atoms with Crippen LogP contribution in [0, 0.1) is 5.92 Å². The molecule has 0 fully saturated rings. The zero-order chi connectivity index (χ0) is 13.3. The Kier molecular flexibility index (Phi) is 9.74. The minimum absolute atomic E-state index is 0.426. The molecule has 4 nitrogen and oxygen atoms in total. The molecule has 2 atom stereocenters. The summed E-state index contributed by atoms with van der Waals surface area (Å²) in [4.78, 5) is 4.72. The average Bonchev–Trinajstić information content (AvgIpc) is 2.27. The number of nitrogens with zero attached hydrogens (tertiary/aromatic N) is 2. The van der Waals surface area contributed by atoms with Gasteiger partial charge in [0.05, 0.1) is 6.61 Å². The molecule has 0 bridgehead atoms. The molecule has 0 aliphatic rings. The second-order valence-corrected chi connectivity index (χ2v) is 5.07. The Bertz CT molecular complexity index is 176. The predicted molar refractivity (Wildman–Crippen MR) is 74.3 cm³/mol. The Hall–Kier alpha value is -0.160. The highest BCUT2D eigenvalue weighted by Crippen LogP contribution is 2.11. The summed E-state index contributed by atoms with van der Waals surface area (Å²) >= 11 is 0. The van der Waals surface area contributed by atoms with Crippen molar-refractivity contribution in [3.05, 3.63) is 0 Å². The lowest BCUT2D eigenvalue weighted by Crippen LogP contribution is -2.48. The van der Waals surface area contributed by atoms with Crippen LogP contribution in [0.2, 0.25) is 0 Å². The number of hydrogen-bond acceptors (Lipinski definition) is 4. The number of rotatable bonds is 10. The zero-order valence-electron chi connectivity index (χ0n) is 12.3. The lowest BCUT2D eigenvalue weighted by molar-refractivity contribution is 0.0808. The maximum atomic E-state index is 5.93. The topological polar surface area (TPSA) is 41.7 Å². The van der Waals surface area contributed by atoms with Gasteiger partial charge in [-0.3, -0.25) is 4.90 Å². The summed E-state index contributed by atoms with van der Waals surface area (Å²) in [5, 5.41) is 0. The monoisotopic (exact) mass is 245 g/mol. The van der Waals surface area contributed by atoms with Gasteiger partial charge in [-0.25, -0.2) is 0 Å². The summed E-state index contributed by atoms with van der Waals surface area (Å²) in [7, 11) is 5.98. The highest BCUT2D eigenvalue weighted by Gasteiger charge is 2.22. The van der Waals surface area contributed by atoms with Gasteiger partial charge in [-0.05, 0) is 33.0 Å². The van der Waals surface area contributed by atoms with Crippen molar-refractivity contribution in [3.63, 3.8) is 0 Å². The van der Waals surface area contributed by atoms with E-state index in [9.17, 15) is 0 Å². The van der Waals surface area contributed by atoms with Gasteiger partial charge in [0.15, 0.2) is 0 Å². The Morgan fingerprint density at radius 2 is 1.82 bits per heavy atom. The third-order valence-corrected chi connectivity index (χ3v) is 3.14. The number of likely N-dealkylation sites (N-methyl/N-ethyl adjacent to an activating group) is 1. The number of ether oxygens (including phenoxy) is 1. The molecule has 0 amide bonds. The molecule has 4 heteroatoms. The quantitative estimate of drug-likeness (QED) is 0.620. The van der Waals surface area contributed by atoms with Crippen molar-refractivity contribution >= 4 is 0 Å². The van der Waals surface area contributed by atoms with E-state index in [1.54, 1.807) is 7.11 Å². The van der Waals surface area contributed by atoms with E-state index in [4.69, 9.17) is 10.5 Å². The van der Waals surface area contributed by atoms with Crippen LogP contribution in [-0.4, -0.2) is 69.8 Å². The van der Waals surface area contributed by atoms with Crippen LogP contribution >= 0.6 is 0 Å². The van der Waals surface area contributed by atoms with E-state index in [1.807, 2.05) is 0 Å². The number of nitrogens with two attached hydrogens (primary N) is 1. The summed E-state index contributed by atoms with van der Waals surface area (Å²) in [6.07, 6.45) is 1.17. The summed E-state index contributed by atoms with van der Waals surface area (Å²) in [6, 6.07) is 0.426. The maximum absolute atomic E-state index is 5.93. The van der Waals surface area contributed by atoms with Crippen LogP contribution in [-0.2, 0) is 4.74 Å². The van der Waals surface area contributed by atoms with E-state index in [-0.39, 0.29) is 0 Å². The summed E-state index contributed by atoms with van der Waals surface area (Å²) in [5.41, 5.74) is 5.93. The van der Waals surface area contributed by atoms with E-state index in [0.717, 1.165) is 26.2 Å². The van der Waals surface area contributed by atoms with E-state index >= 15 is 0 Å². The van der Waals surface area contributed by atoms with E-state index in [2.05, 4.69) is 37.7 Å². The number of hydrogen-bond donors (Lipinski definition) is 1. The second-order valence-electron chi connectivity index (χ2n) is 5.07. The predicted octanol–water partition coefficient (Wildman–Crippen LogP) is 0.870. The Morgan fingerprint density at radius 1 is 1.18 bits per heavy atom. The van der Waals surface area contributed by atoms with E-state index in [1.165, 1.54) is 6.42 Å². The van der Waals surface area contributed by atoms with Gasteiger partial charge in [-0.15, -0.1) is 0 Å². The first-order chi connectivity index (χ1) is 8.06. The van der Waals surface area contributed by atoms with Crippen molar-refractivity contribution < 1.29 is 4.74 Å². The molecule has 0 radical (unpaired) electrons. The minimum Gasteiger partial charge on any atom is -0.384 e. The van der Waals surface area contributed by atoms with Crippen molar-refractivity contribution in [1.82, 2.24) is 9.80 Å². The highest BCUT2D eigenvalue weighted by atomic mass is 16.5. The molecule has 0 aromatic carbocycles. The molecule has 0 saturated carbocycles. The van der Waals surface area contributed by atoms with Gasteiger partial charge in [-0.2, -0.15) is 0 Å². The second kappa shape index (κ2) is 9.83. The first-order valence-electron chi connectivity index (χ1n) is 6.64. The molecule has 17 heavy (non-hydrogen) atoms. The maximum Gasteiger partial charge on any atom is 0.0503 e. The fraction of sp³-hybridized carbons (Fsp3) is 1.00. The molecule has 0 aromatic rings. The van der Waals surface area contributed by atoms with Gasteiger partial charge in [0.2, 0.25) is 0 Å². The highest BCUT2D eigenvalue weighted by molar-refractivity contribution is 4.78. The molecule has 0 aromatic heterocycles. The van der Waals surface area contributed by atoms with Crippen LogP contribution in [0.1, 0.15) is 20.3 Å². The van der Waals surface area contributed by atoms with E-state index < -0.39 is 0 Å². The fourth-order valence-corrected chi connectivity index (χ4v) is 2.17. The first-order valence-corrected chi connectivity index (χ1v) is 6.64. The first kappa shape index (κ1) is 16.8. The average molecular weight is 245 g/mol. The van der Waals surface area contributed by atoms with Gasteiger partial charge in [0.1, 0.15) is 0 Å². The van der Waals surface area contributed by atoms with E-state index in [0.29, 0.717) is 18.5 Å². The standard InChI is InChI=1S/C13H31N3O/c1-6-7-16(9-8-15(3)4)13(10-14)12(2)11-17-5/h12-13H,6-11,14H2,1-5H3. The van der Waals surface area contributed by atoms with Crippen LogP contribution in [0.5, 0.6) is 0 Å². The Balaban J connectivity index is 4.38. The zero-order valence-corrected chi connectivity index (χ0v) is 12.3. The third kappa shape index (κ3) is 6.99. The van der Waals surface area contributed by atoms with Crippen molar-refractivity contribution in [2.24, 2.45) is 11.7 Å². The van der Waals surface area contributed by atoms with Crippen molar-refractivity contribution in [3.8, 4) is 0 Å². The minimum atomic E-state index is 0.426. The summed E-state index contributed by atoms with van der Waals surface area (Å²) < 4.78 is 5.25. The molecule has 0 saturated heterocycles. The third-order valence-electron chi connectivity index (χ3n) is 3.14. The summed E-state index contributed by atoms with van der Waals surface area (Å²) in [5.74, 6) is 0.485. The van der Waals surface area contributed by atoms with Crippen LogP contribution in [0.15, 0.2) is 0 Å². The molecule has 2 unspecified atom stereocenters. The van der Waals surface area contributed by atoms with Crippen molar-refractivity contribution in [2.45, 2.75) is 26.3 Å². The molecule has 0 aliphatic heterocycles. The van der Waals surface area contributed by atoms with Gasteiger partial charge >= 0.3 is 0 Å². The van der Waals surface area contributed by atoms with Gasteiger partial charge < -0.3 is 15.4 Å². The molecule has 2 N–H and O–H groups in total. The number of methoxy groups -OCH3 is 1. The van der Waals surface area contributed by atoms with Crippen LogP contribution in [0.25, 0.3) is 0 Å². The SMILES string of the molecule is CCCN(CCN(C)C)C(CN)C(C)COC. The lowest BCUT2D eigenvalue weighted by Gasteiger charge is -2.35. The lowest BCUT2D eigenvalue weighted by atomic mass is 10.0. The van der Waals surface area contributed by atoms with Crippen molar-refractivity contribution in [2.75, 3.05) is 54.0 Å². The Morgan fingerprint density at radius 3 is 2.24 bits per heavy atom. The molecule has 104 valence electrons. The molecule has 0 rings (SSSR count). The molecule has 0 heterocycles. The normalized spacial score (nSPS) is 15.5. The van der Waals surface area contributed by atoms with Crippen LogP contribution in [0.3, 0.4) is 0 Å². The molecular weight excluding hydrogens is 214 g/mol. The van der Waals surface area contributed by atoms with Crippen molar-refractivity contribution in [1.29, 1.82) is 0 Å². The smallest absolute Gasteiger partial charge is 0.0503 e. The fourth-order valence-electron chi connectivity index (χ4n) is 2.17. The van der Waals surface area contributed by atoms with Gasteiger partial charge in [0.25, 0.3) is 0 Å². The van der Waals surface area contributed by atoms with Crippen LogP contribution in [0.4, 0.5) is 0 Å². The molecular formula is C13H31N3O. The van der Waals surface area contributed by atoms with Crippen LogP contribution < -0.4 is 5.73 Å². The van der Waals surface area contributed by atoms with Gasteiger partial charge in [-0.1, -0.05) is 13.8 Å². The Labute approximate surface area is 107 Å².